The summed E-state index contributed by atoms with van der Waals surface area (Å²) in [7, 11) is -4.63. The number of carbonyl (C=O) groups is 4. The van der Waals surface area contributed by atoms with Crippen LogP contribution in [0.15, 0.2) is 114 Å². The highest BCUT2D eigenvalue weighted by Gasteiger charge is 2.40. The van der Waals surface area contributed by atoms with Crippen LogP contribution in [0.1, 0.15) is 109 Å². The summed E-state index contributed by atoms with van der Waals surface area (Å²) in [6.45, 7) is 13.6. The number of hydrogen-bond donors (Lipinski definition) is 4. The zero-order valence-corrected chi connectivity index (χ0v) is 50.1. The van der Waals surface area contributed by atoms with E-state index in [9.17, 15) is 37.7 Å². The average Bonchev–Trinajstić information content (AvgIpc) is 2.51. The monoisotopic (exact) mass is 1210 g/mol. The fourth-order valence-electron chi connectivity index (χ4n) is 13.5. The number of sulfonamides is 1. The molecule has 4 aromatic carbocycles. The Labute approximate surface area is 505 Å². The molecular formula is C64H72ClN11O9S. The number of aromatic amines is 1. The Morgan fingerprint density at radius 2 is 1.62 bits per heavy atom. The first-order valence-electron chi connectivity index (χ1n) is 29.9. The molecule has 2 aliphatic carbocycles. The molecule has 6 aliphatic rings. The number of allylic oxidation sites excluding steroid dienone is 1. The molecule has 20 nitrogen and oxygen atoms in total. The smallest absolute Gasteiger partial charge is 0.293 e. The minimum atomic E-state index is -4.63. The van der Waals surface area contributed by atoms with Crippen molar-refractivity contribution >= 4 is 78.9 Å². The summed E-state index contributed by atoms with van der Waals surface area (Å²) in [5, 5.41) is 19.7. The van der Waals surface area contributed by atoms with E-state index in [1.165, 1.54) is 35.0 Å². The molecule has 0 radical (unpaired) electrons. The van der Waals surface area contributed by atoms with Crippen LogP contribution in [0.25, 0.3) is 16.6 Å². The number of aromatic nitrogens is 2. The first-order chi connectivity index (χ1) is 41.4. The number of carbonyl (C=O) groups excluding carboxylic acids is 4. The standard InChI is InChI=1S/C64H72ClN11O9S/c1-64(2)22-20-45(53(35-64)42-8-10-46(65)11-9-42)39-72-26-30-74(31-27-72)48-14-16-52(58(33-48)85-49-32-43-21-23-66-60(43)68-37-49)61(78)70-86(83,84)50-15-17-55(57(34-50)76(81)82)67-36-41-6-12-47(13-7-41)73-28-24-71(25-29-73)38-44-4-3-5-51-54(44)40-75(63(51)80)56-18-19-59(77)69-62(56)79/h3-5,8-11,14-17,21,23,32-34,37,41,47,56,67H,6-7,12-13,18-20,22,24-31,35-36,38-40H2,1-2H3,(H,66,68)(H,70,78)(H,69,77,79). The van der Waals surface area contributed by atoms with Gasteiger partial charge in [0, 0.05) is 131 Å². The highest BCUT2D eigenvalue weighted by atomic mass is 35.5. The van der Waals surface area contributed by atoms with Gasteiger partial charge in [0.25, 0.3) is 27.5 Å². The predicted octanol–water partition coefficient (Wildman–Crippen LogP) is 9.37. The van der Waals surface area contributed by atoms with Gasteiger partial charge in [0.15, 0.2) is 0 Å². The zero-order valence-electron chi connectivity index (χ0n) is 48.5. The Balaban J connectivity index is 0.653. The van der Waals surface area contributed by atoms with Crippen molar-refractivity contribution in [3.8, 4) is 11.5 Å². The van der Waals surface area contributed by atoms with Crippen molar-refractivity contribution in [2.75, 3.05) is 75.7 Å². The number of benzene rings is 4. The number of halogens is 1. The van der Waals surface area contributed by atoms with Gasteiger partial charge in [-0.2, -0.15) is 0 Å². The van der Waals surface area contributed by atoms with Gasteiger partial charge in [0.2, 0.25) is 11.8 Å². The lowest BCUT2D eigenvalue weighted by Gasteiger charge is -2.42. The first-order valence-corrected chi connectivity index (χ1v) is 31.8. The second-order valence-corrected chi connectivity index (χ2v) is 26.8. The molecule has 4 N–H and O–H groups in total. The van der Waals surface area contributed by atoms with E-state index >= 15 is 0 Å². The number of amides is 4. The molecule has 2 aromatic heterocycles. The molecule has 450 valence electrons. The lowest BCUT2D eigenvalue weighted by molar-refractivity contribution is -0.384. The van der Waals surface area contributed by atoms with Gasteiger partial charge in [-0.05, 0) is 140 Å². The quantitative estimate of drug-likeness (QED) is 0.0378. The largest absolute Gasteiger partial charge is 0.455 e. The van der Waals surface area contributed by atoms with Crippen LogP contribution in [0.4, 0.5) is 17.1 Å². The number of nitrogens with zero attached hydrogens (tertiary/aromatic N) is 7. The Bertz CT molecular complexity index is 3750. The van der Waals surface area contributed by atoms with Crippen LogP contribution in [0, 0.1) is 21.4 Å². The number of rotatable bonds is 17. The summed E-state index contributed by atoms with van der Waals surface area (Å²) < 4.78 is 36.6. The van der Waals surface area contributed by atoms with Crippen molar-refractivity contribution in [1.29, 1.82) is 0 Å². The predicted molar refractivity (Wildman–Crippen MR) is 329 cm³/mol. The molecule has 3 saturated heterocycles. The number of anilines is 2. The van der Waals surface area contributed by atoms with E-state index in [0.29, 0.717) is 62.1 Å². The van der Waals surface area contributed by atoms with Crippen LogP contribution in [0.5, 0.6) is 11.5 Å². The lowest BCUT2D eigenvalue weighted by Crippen LogP contribution is -2.52. The van der Waals surface area contributed by atoms with Gasteiger partial charge >= 0.3 is 0 Å². The summed E-state index contributed by atoms with van der Waals surface area (Å²) in [6, 6.07) is 26.0. The molecule has 6 aromatic rings. The van der Waals surface area contributed by atoms with Crippen molar-refractivity contribution in [3.05, 3.63) is 152 Å². The number of piperazine rings is 2. The molecule has 4 amide bonds. The number of fused-ring (bicyclic) bond motifs is 2. The Kier molecular flexibility index (Phi) is 16.8. The van der Waals surface area contributed by atoms with E-state index in [0.717, 1.165) is 124 Å². The third-order valence-corrected chi connectivity index (χ3v) is 20.0. The maximum Gasteiger partial charge on any atom is 0.293 e. The average molecular weight is 1210 g/mol. The Morgan fingerprint density at radius 3 is 2.37 bits per heavy atom. The highest BCUT2D eigenvalue weighted by Crippen LogP contribution is 2.44. The molecule has 1 saturated carbocycles. The summed E-state index contributed by atoms with van der Waals surface area (Å²) >= 11 is 6.28. The van der Waals surface area contributed by atoms with E-state index in [-0.39, 0.29) is 46.6 Å². The Hall–Kier alpha value is -7.69. The van der Waals surface area contributed by atoms with Crippen LogP contribution < -0.4 is 25.0 Å². The molecule has 86 heavy (non-hydrogen) atoms. The van der Waals surface area contributed by atoms with Crippen molar-refractivity contribution in [2.45, 2.75) is 102 Å². The molecule has 1 atom stereocenters. The van der Waals surface area contributed by atoms with Gasteiger partial charge in [-0.1, -0.05) is 55.3 Å². The van der Waals surface area contributed by atoms with E-state index in [1.807, 2.05) is 30.3 Å². The SMILES string of the molecule is CC1(C)CCC(CN2CCN(c3ccc(C(=O)NS(=O)(=O)c4ccc(NCC5CCC(N6CCN(Cc7cccc8c7CN(C7CCC(=O)NC7=O)C8=O)CC6)CC5)c([N+](=O)[O-])c4)c(Oc4cnc5[nH]ccc5c4)c3)CC2)=C(c2ccc(Cl)cc2)C1. The van der Waals surface area contributed by atoms with E-state index in [4.69, 9.17) is 16.3 Å². The van der Waals surface area contributed by atoms with Crippen LogP contribution in [0.2, 0.25) is 5.02 Å². The third kappa shape index (κ3) is 12.9. The number of nitrogens with one attached hydrogen (secondary N) is 4. The molecule has 1 unspecified atom stereocenters. The summed E-state index contributed by atoms with van der Waals surface area (Å²) in [5.74, 6) is -1.16. The number of nitro groups is 1. The van der Waals surface area contributed by atoms with Crippen LogP contribution >= 0.6 is 11.6 Å². The summed E-state index contributed by atoms with van der Waals surface area (Å²) in [5.41, 5.74) is 8.10. The second-order valence-electron chi connectivity index (χ2n) is 24.6. The van der Waals surface area contributed by atoms with Gasteiger partial charge in [-0.25, -0.2) is 18.1 Å². The van der Waals surface area contributed by atoms with E-state index in [2.05, 4.69) is 77.0 Å². The number of hydrogen-bond acceptors (Lipinski definition) is 15. The molecule has 0 spiro atoms. The fourth-order valence-corrected chi connectivity index (χ4v) is 14.6. The van der Waals surface area contributed by atoms with Gasteiger partial charge < -0.3 is 24.8 Å². The molecular weight excluding hydrogens is 1130 g/mol. The number of H-pyrrole nitrogens is 1. The van der Waals surface area contributed by atoms with Crippen LogP contribution in [0.3, 0.4) is 0 Å². The van der Waals surface area contributed by atoms with Crippen molar-refractivity contribution in [3.63, 3.8) is 0 Å². The normalized spacial score (nSPS) is 21.6. The number of ether oxygens (including phenoxy) is 1. The van der Waals surface area contributed by atoms with Gasteiger partial charge in [0.05, 0.1) is 21.6 Å². The van der Waals surface area contributed by atoms with Crippen molar-refractivity contribution in [1.82, 2.24) is 39.6 Å². The van der Waals surface area contributed by atoms with E-state index in [1.54, 1.807) is 35.4 Å². The van der Waals surface area contributed by atoms with Gasteiger partial charge in [-0.3, -0.25) is 49.3 Å². The molecule has 0 bridgehead atoms. The highest BCUT2D eigenvalue weighted by molar-refractivity contribution is 7.90. The van der Waals surface area contributed by atoms with Crippen molar-refractivity contribution < 1.29 is 37.3 Å². The van der Waals surface area contributed by atoms with Crippen molar-refractivity contribution in [2.24, 2.45) is 11.3 Å². The number of imide groups is 1. The fraction of sp³-hybridized carbons (Fsp3) is 0.422. The zero-order chi connectivity index (χ0) is 59.9. The molecule has 6 heterocycles. The summed E-state index contributed by atoms with van der Waals surface area (Å²) in [6.07, 6.45) is 10.8. The topological polar surface area (TPSA) is 236 Å². The number of pyridine rings is 1. The van der Waals surface area contributed by atoms with Gasteiger partial charge in [-0.15, -0.1) is 0 Å². The number of nitro benzene ring substituents is 1. The van der Waals surface area contributed by atoms with Gasteiger partial charge in [0.1, 0.15) is 28.9 Å². The minimum Gasteiger partial charge on any atom is -0.455 e. The first kappa shape index (κ1) is 58.7. The number of piperidine rings is 1. The molecule has 4 aliphatic heterocycles. The maximum atomic E-state index is 14.2. The minimum absolute atomic E-state index is 0.0509. The molecule has 22 heteroatoms. The molecule has 4 fully saturated rings. The second kappa shape index (κ2) is 24.6. The molecule has 12 rings (SSSR count). The van der Waals surface area contributed by atoms with Crippen LogP contribution in [-0.4, -0.2) is 144 Å². The summed E-state index contributed by atoms with van der Waals surface area (Å²) in [4.78, 5) is 82.3. The van der Waals surface area contributed by atoms with Crippen LogP contribution in [-0.2, 0) is 32.7 Å². The van der Waals surface area contributed by atoms with E-state index < -0.39 is 43.4 Å². The maximum absolute atomic E-state index is 14.2. The lowest BCUT2D eigenvalue weighted by atomic mass is 9.72. The Morgan fingerprint density at radius 1 is 0.860 bits per heavy atom. The third-order valence-electron chi connectivity index (χ3n) is 18.4.